The molecule has 70 valence electrons. The Morgan fingerprint density at radius 2 is 0.786 bits per heavy atom. The monoisotopic (exact) mass is 254 g/mol. The van der Waals surface area contributed by atoms with E-state index in [1.165, 1.54) is 21.0 Å². The van der Waals surface area contributed by atoms with E-state index in [0.29, 0.717) is 0 Å². The van der Waals surface area contributed by atoms with Gasteiger partial charge in [-0.2, -0.15) is 0 Å². The van der Waals surface area contributed by atoms with Gasteiger partial charge in [-0.05, 0) is 38.5 Å². The van der Waals surface area contributed by atoms with E-state index < -0.39 is 0 Å². The van der Waals surface area contributed by atoms with Gasteiger partial charge in [-0.3, -0.25) is 0 Å². The van der Waals surface area contributed by atoms with Gasteiger partial charge in [0, 0.05) is 0 Å². The summed E-state index contributed by atoms with van der Waals surface area (Å²) in [5.41, 5.74) is 0. The molecule has 3 rings (SSSR count). The summed E-state index contributed by atoms with van der Waals surface area (Å²) in [6.07, 6.45) is 13.0. The van der Waals surface area contributed by atoms with Gasteiger partial charge < -0.3 is 0 Å². The van der Waals surface area contributed by atoms with E-state index >= 15 is 0 Å². The summed E-state index contributed by atoms with van der Waals surface area (Å²) in [6, 6.07) is 0. The van der Waals surface area contributed by atoms with E-state index in [0.717, 1.165) is 0 Å². The lowest BCUT2D eigenvalue weighted by Gasteiger charge is -2.24. The summed E-state index contributed by atoms with van der Waals surface area (Å²) in [7, 11) is 7.44. The maximum Gasteiger partial charge on any atom is 0.0642 e. The van der Waals surface area contributed by atoms with Gasteiger partial charge in [0.1, 0.15) is 0 Å². The summed E-state index contributed by atoms with van der Waals surface area (Å²) in [4.78, 5) is 0. The number of hydrogen-bond donors (Lipinski definition) is 0. The molecule has 1 heterocycles. The normalized spacial score (nSPS) is 32.6. The van der Waals surface area contributed by atoms with E-state index in [9.17, 15) is 0 Å². The van der Waals surface area contributed by atoms with Gasteiger partial charge in [0.25, 0.3) is 0 Å². The third kappa shape index (κ3) is 2.09. The number of hydrogen-bond acceptors (Lipinski definition) is 4. The Labute approximate surface area is 102 Å². The van der Waals surface area contributed by atoms with E-state index in [-0.39, 0.29) is 0 Å². The first-order valence-electron chi connectivity index (χ1n) is 4.14. The maximum absolute atomic E-state index is 2.19. The highest BCUT2D eigenvalue weighted by Crippen LogP contribution is 2.65. The van der Waals surface area contributed by atoms with Crippen LogP contribution in [0, 0.1) is 59.5 Å². The third-order valence-electron chi connectivity index (χ3n) is 1.92. The van der Waals surface area contributed by atoms with Crippen LogP contribution in [0.4, 0.5) is 0 Å². The van der Waals surface area contributed by atoms with Crippen molar-refractivity contribution in [3.63, 3.8) is 0 Å². The summed E-state index contributed by atoms with van der Waals surface area (Å²) in [5, 5.41) is 5.55. The molecule has 0 aromatic rings. The maximum atomic E-state index is 2.19. The highest BCUT2D eigenvalue weighted by atomic mass is 33.1. The van der Waals surface area contributed by atoms with Crippen LogP contribution in [0.3, 0.4) is 0 Å². The van der Waals surface area contributed by atoms with Crippen molar-refractivity contribution in [2.45, 2.75) is 0 Å². The lowest BCUT2D eigenvalue weighted by atomic mass is 10.4. The molecule has 10 radical (unpaired) electrons. The quantitative estimate of drug-likeness (QED) is 0.595. The van der Waals surface area contributed by atoms with E-state index in [2.05, 4.69) is 38.5 Å². The van der Waals surface area contributed by atoms with Crippen molar-refractivity contribution in [2.75, 3.05) is 0 Å². The largest absolute Gasteiger partial charge is 0.0832 e. The molecule has 14 heavy (non-hydrogen) atoms. The molecule has 0 bridgehead atoms. The van der Waals surface area contributed by atoms with Crippen molar-refractivity contribution in [3.8, 4) is 0 Å². The molecule has 4 heteroatoms. The fourth-order valence-electron chi connectivity index (χ4n) is 1.23. The minimum absolute atomic E-state index is 1.39. The zero-order chi connectivity index (χ0) is 9.38. The third-order valence-corrected chi connectivity index (χ3v) is 7.14. The lowest BCUT2D eigenvalue weighted by molar-refractivity contribution is 1.48. The Morgan fingerprint density at radius 1 is 0.500 bits per heavy atom. The van der Waals surface area contributed by atoms with Gasteiger partial charge >= 0.3 is 0 Å². The summed E-state index contributed by atoms with van der Waals surface area (Å²) < 4.78 is 0. The molecular formula is C10H6S4. The molecule has 0 spiro atoms. The Hall–Kier alpha value is 1.40. The second kappa shape index (κ2) is 4.72. The molecular weight excluding hydrogens is 248 g/mol. The van der Waals surface area contributed by atoms with Crippen molar-refractivity contribution in [3.05, 3.63) is 59.5 Å². The van der Waals surface area contributed by atoms with Crippen LogP contribution >= 0.6 is 43.2 Å². The molecule has 0 nitrogen and oxygen atoms in total. The fourth-order valence-corrected chi connectivity index (χ4v) is 6.68. The standard InChI is InChI=1S/C10H6S4/c1-3-7-8(4-1)12-14-10-6-2-5-9(10)13-11-7/h1-6H. The van der Waals surface area contributed by atoms with Crippen molar-refractivity contribution >= 4 is 43.2 Å². The Balaban J connectivity index is 1.67. The van der Waals surface area contributed by atoms with Gasteiger partial charge in [0.15, 0.2) is 0 Å². The van der Waals surface area contributed by atoms with Crippen molar-refractivity contribution in [1.82, 2.24) is 0 Å². The van der Waals surface area contributed by atoms with E-state index in [4.69, 9.17) is 0 Å². The van der Waals surface area contributed by atoms with Gasteiger partial charge in [0.05, 0.1) is 21.0 Å². The highest BCUT2D eigenvalue weighted by molar-refractivity contribution is 8.82. The van der Waals surface area contributed by atoms with E-state index in [1.54, 1.807) is 0 Å². The van der Waals surface area contributed by atoms with Crippen LogP contribution in [0.5, 0.6) is 0 Å². The zero-order valence-corrected chi connectivity index (χ0v) is 10.4. The molecule has 0 aromatic carbocycles. The van der Waals surface area contributed by atoms with Crippen LogP contribution in [0.15, 0.2) is 0 Å². The molecule has 1 aliphatic heterocycles. The molecule has 0 N–H and O–H groups in total. The summed E-state index contributed by atoms with van der Waals surface area (Å²) in [6.45, 7) is 0. The van der Waals surface area contributed by atoms with Crippen molar-refractivity contribution < 1.29 is 0 Å². The molecule has 2 saturated carbocycles. The van der Waals surface area contributed by atoms with Gasteiger partial charge in [-0.1, -0.05) is 43.2 Å². The molecule has 3 aliphatic rings. The van der Waals surface area contributed by atoms with Crippen LogP contribution in [0.25, 0.3) is 0 Å². The molecule has 0 unspecified atom stereocenters. The van der Waals surface area contributed by atoms with Crippen LogP contribution in [0.2, 0.25) is 0 Å². The first kappa shape index (κ1) is 10.5. The predicted molar refractivity (Wildman–Crippen MR) is 69.1 cm³/mol. The van der Waals surface area contributed by atoms with Crippen molar-refractivity contribution in [2.24, 2.45) is 0 Å². The Kier molecular flexibility index (Phi) is 3.56. The van der Waals surface area contributed by atoms with E-state index in [1.807, 2.05) is 43.2 Å². The molecule has 1 saturated heterocycles. The second-order valence-electron chi connectivity index (χ2n) is 2.84. The molecule has 0 atom stereocenters. The Morgan fingerprint density at radius 3 is 1.07 bits per heavy atom. The summed E-state index contributed by atoms with van der Waals surface area (Å²) >= 11 is 0. The molecule has 0 aromatic heterocycles. The number of fused-ring (bicyclic) bond motifs is 2. The fraction of sp³-hybridized carbons (Fsp3) is 0. The van der Waals surface area contributed by atoms with Crippen LogP contribution in [-0.2, 0) is 0 Å². The predicted octanol–water partition coefficient (Wildman–Crippen LogP) is 4.14. The number of rotatable bonds is 0. The van der Waals surface area contributed by atoms with Gasteiger partial charge in [0.2, 0.25) is 0 Å². The average Bonchev–Trinajstić information content (AvgIpc) is 2.75. The highest BCUT2D eigenvalue weighted by Gasteiger charge is 2.39. The first-order valence-corrected chi connectivity index (χ1v) is 8.44. The minimum Gasteiger partial charge on any atom is -0.0832 e. The molecule has 0 amide bonds. The zero-order valence-electron chi connectivity index (χ0n) is 7.10. The second-order valence-corrected chi connectivity index (χ2v) is 7.27. The minimum atomic E-state index is 1.39. The average molecular weight is 254 g/mol. The van der Waals surface area contributed by atoms with Gasteiger partial charge in [-0.25, -0.2) is 0 Å². The lowest BCUT2D eigenvalue weighted by Crippen LogP contribution is -2.00. The topological polar surface area (TPSA) is 0 Å². The summed E-state index contributed by atoms with van der Waals surface area (Å²) in [5.74, 6) is 0. The van der Waals surface area contributed by atoms with Crippen LogP contribution < -0.4 is 0 Å². The SMILES string of the molecule is [CH]1[CH][C]2SS[C]3[CH][CH][CH][C]3SS[C]2[CH]1. The molecule has 2 aliphatic carbocycles. The van der Waals surface area contributed by atoms with Gasteiger partial charge in [-0.15, -0.1) is 0 Å². The van der Waals surface area contributed by atoms with Crippen molar-refractivity contribution in [1.29, 1.82) is 0 Å². The smallest absolute Gasteiger partial charge is 0.0642 e. The van der Waals surface area contributed by atoms with Crippen LogP contribution in [-0.4, -0.2) is 0 Å². The first-order chi connectivity index (χ1) is 6.93. The Bertz CT molecular complexity index is 166. The van der Waals surface area contributed by atoms with Crippen LogP contribution in [0.1, 0.15) is 0 Å². The molecule has 3 fully saturated rings.